The number of pyridine rings is 1. The highest BCUT2D eigenvalue weighted by atomic mass is 35.5. The summed E-state index contributed by atoms with van der Waals surface area (Å²) < 4.78 is 4.31. The number of aryl methyl sites for hydroxylation is 2. The van der Waals surface area contributed by atoms with Crippen LogP contribution in [0.5, 0.6) is 0 Å². The maximum Gasteiger partial charge on any atom is 0.332 e. The maximum absolute atomic E-state index is 12.6. The molecule has 33 heavy (non-hydrogen) atoms. The SMILES string of the molecule is Cl.Cl.Cn1c(=O)c2c(ncn2CCCNC(c2ccncc2)c2ccc(Cl)cc2)n(C)c1=O. The molecule has 0 amide bonds. The van der Waals surface area contributed by atoms with Gasteiger partial charge in [0.1, 0.15) is 0 Å². The number of hydrogen-bond donors (Lipinski definition) is 1. The molecule has 3 aromatic heterocycles. The molecule has 0 fully saturated rings. The summed E-state index contributed by atoms with van der Waals surface area (Å²) in [5.74, 6) is 0. The summed E-state index contributed by atoms with van der Waals surface area (Å²) in [5.41, 5.74) is 2.33. The molecule has 0 bridgehead atoms. The molecule has 0 radical (unpaired) electrons. The predicted octanol–water partition coefficient (Wildman–Crippen LogP) is 3.10. The number of nitrogens with one attached hydrogen (secondary N) is 1. The average molecular weight is 512 g/mol. The van der Waals surface area contributed by atoms with Crippen molar-refractivity contribution in [2.75, 3.05) is 6.54 Å². The first kappa shape index (κ1) is 26.6. The van der Waals surface area contributed by atoms with Gasteiger partial charge in [-0.25, -0.2) is 9.78 Å². The minimum absolute atomic E-state index is 0. The van der Waals surface area contributed by atoms with Crippen molar-refractivity contribution < 1.29 is 0 Å². The monoisotopic (exact) mass is 510 g/mol. The lowest BCUT2D eigenvalue weighted by Crippen LogP contribution is -2.37. The highest BCUT2D eigenvalue weighted by molar-refractivity contribution is 6.30. The summed E-state index contributed by atoms with van der Waals surface area (Å²) in [7, 11) is 3.10. The Hall–Kier alpha value is -2.65. The number of halogens is 3. The third kappa shape index (κ3) is 5.47. The van der Waals surface area contributed by atoms with Gasteiger partial charge in [-0.05, 0) is 48.4 Å². The van der Waals surface area contributed by atoms with E-state index in [1.165, 1.54) is 11.6 Å². The molecule has 1 atom stereocenters. The van der Waals surface area contributed by atoms with Gasteiger partial charge in [0.25, 0.3) is 5.56 Å². The van der Waals surface area contributed by atoms with Crippen LogP contribution in [0.4, 0.5) is 0 Å². The summed E-state index contributed by atoms with van der Waals surface area (Å²) in [6.45, 7) is 1.31. The first-order valence-electron chi connectivity index (χ1n) is 9.97. The second kappa shape index (κ2) is 11.5. The van der Waals surface area contributed by atoms with Gasteiger partial charge in [-0.2, -0.15) is 0 Å². The fourth-order valence-electron chi connectivity index (χ4n) is 3.70. The lowest BCUT2D eigenvalue weighted by molar-refractivity contribution is 0.547. The zero-order valence-corrected chi connectivity index (χ0v) is 20.5. The van der Waals surface area contributed by atoms with Crippen molar-refractivity contribution in [3.63, 3.8) is 0 Å². The van der Waals surface area contributed by atoms with E-state index in [0.29, 0.717) is 29.3 Å². The molecule has 1 N–H and O–H groups in total. The Bertz CT molecular complexity index is 1320. The predicted molar refractivity (Wildman–Crippen MR) is 135 cm³/mol. The van der Waals surface area contributed by atoms with Gasteiger partial charge in [-0.3, -0.25) is 18.9 Å². The summed E-state index contributed by atoms with van der Waals surface area (Å²) in [4.78, 5) is 33.0. The van der Waals surface area contributed by atoms with E-state index < -0.39 is 0 Å². The Kier molecular flexibility index (Phi) is 9.25. The van der Waals surface area contributed by atoms with Crippen LogP contribution in [0.15, 0.2) is 64.7 Å². The molecule has 0 saturated carbocycles. The third-order valence-electron chi connectivity index (χ3n) is 5.38. The number of imidazole rings is 1. The Labute approximate surface area is 208 Å². The van der Waals surface area contributed by atoms with E-state index in [1.807, 2.05) is 41.0 Å². The van der Waals surface area contributed by atoms with Crippen molar-refractivity contribution in [2.24, 2.45) is 14.1 Å². The van der Waals surface area contributed by atoms with Crippen molar-refractivity contribution in [3.8, 4) is 0 Å². The van der Waals surface area contributed by atoms with Crippen molar-refractivity contribution in [1.82, 2.24) is 29.0 Å². The second-order valence-corrected chi connectivity index (χ2v) is 7.83. The van der Waals surface area contributed by atoms with Crippen LogP contribution in [0.1, 0.15) is 23.6 Å². The summed E-state index contributed by atoms with van der Waals surface area (Å²) >= 11 is 6.05. The van der Waals surface area contributed by atoms with Crippen LogP contribution in [0.25, 0.3) is 11.2 Å². The van der Waals surface area contributed by atoms with Gasteiger partial charge in [0.2, 0.25) is 0 Å². The molecule has 11 heteroatoms. The van der Waals surface area contributed by atoms with Gasteiger partial charge in [0.15, 0.2) is 11.2 Å². The highest BCUT2D eigenvalue weighted by Crippen LogP contribution is 2.23. The zero-order chi connectivity index (χ0) is 22.0. The fraction of sp³-hybridized carbons (Fsp3) is 0.273. The smallest absolute Gasteiger partial charge is 0.325 e. The fourth-order valence-corrected chi connectivity index (χ4v) is 3.83. The summed E-state index contributed by atoms with van der Waals surface area (Å²) in [6.07, 6.45) is 5.94. The van der Waals surface area contributed by atoms with Gasteiger partial charge >= 0.3 is 5.69 Å². The van der Waals surface area contributed by atoms with Crippen molar-refractivity contribution in [2.45, 2.75) is 19.0 Å². The quantitative estimate of drug-likeness (QED) is 0.385. The first-order chi connectivity index (χ1) is 15.0. The number of nitrogens with zero attached hydrogens (tertiary/aromatic N) is 5. The molecule has 0 aliphatic carbocycles. The normalized spacial score (nSPS) is 11.6. The third-order valence-corrected chi connectivity index (χ3v) is 5.64. The minimum atomic E-state index is -0.382. The van der Waals surface area contributed by atoms with Crippen LogP contribution in [-0.4, -0.2) is 30.2 Å². The van der Waals surface area contributed by atoms with Crippen LogP contribution < -0.4 is 16.6 Å². The lowest BCUT2D eigenvalue weighted by Gasteiger charge is -2.20. The molecule has 1 aromatic carbocycles. The number of rotatable bonds is 7. The van der Waals surface area contributed by atoms with Crippen LogP contribution in [0.3, 0.4) is 0 Å². The highest BCUT2D eigenvalue weighted by Gasteiger charge is 2.15. The Balaban J connectivity index is 0.00000193. The zero-order valence-electron chi connectivity index (χ0n) is 18.1. The van der Waals surface area contributed by atoms with Crippen molar-refractivity contribution in [3.05, 3.63) is 92.1 Å². The van der Waals surface area contributed by atoms with Crippen LogP contribution in [0, 0.1) is 0 Å². The summed E-state index contributed by atoms with van der Waals surface area (Å²) in [5, 5.41) is 4.28. The van der Waals surface area contributed by atoms with Gasteiger partial charge < -0.3 is 9.88 Å². The molecular weight excluding hydrogens is 487 g/mol. The molecule has 0 aliphatic heterocycles. The Morgan fingerprint density at radius 2 is 1.61 bits per heavy atom. The molecule has 0 aliphatic rings. The molecule has 0 saturated heterocycles. The standard InChI is InChI=1S/C22H23ClN6O2.2ClH/c1-27-20-19(21(30)28(2)22(27)31)29(14-26-20)13-3-10-25-18(16-8-11-24-12-9-16)15-4-6-17(23)7-5-15;;/h4-9,11-12,14,18,25H,3,10,13H2,1-2H3;2*1H. The minimum Gasteiger partial charge on any atom is -0.325 e. The van der Waals surface area contributed by atoms with Crippen LogP contribution in [-0.2, 0) is 20.6 Å². The summed E-state index contributed by atoms with van der Waals surface area (Å²) in [6, 6.07) is 11.7. The van der Waals surface area contributed by atoms with Crippen LogP contribution in [0.2, 0.25) is 5.02 Å². The first-order valence-corrected chi connectivity index (χ1v) is 10.3. The van der Waals surface area contributed by atoms with E-state index >= 15 is 0 Å². The Morgan fingerprint density at radius 1 is 0.970 bits per heavy atom. The molecule has 8 nitrogen and oxygen atoms in total. The number of aromatic nitrogens is 5. The van der Waals surface area contributed by atoms with E-state index in [-0.39, 0.29) is 42.1 Å². The van der Waals surface area contributed by atoms with Crippen molar-refractivity contribution in [1.29, 1.82) is 0 Å². The maximum atomic E-state index is 12.6. The van der Waals surface area contributed by atoms with E-state index in [4.69, 9.17) is 11.6 Å². The molecule has 0 spiro atoms. The average Bonchev–Trinajstić information content (AvgIpc) is 3.22. The lowest BCUT2D eigenvalue weighted by atomic mass is 9.99. The Morgan fingerprint density at radius 3 is 2.27 bits per heavy atom. The number of benzene rings is 1. The van der Waals surface area contributed by atoms with Crippen LogP contribution >= 0.6 is 36.4 Å². The topological polar surface area (TPSA) is 86.7 Å². The molecule has 4 rings (SSSR count). The van der Waals surface area contributed by atoms with Gasteiger partial charge in [0, 0.05) is 38.1 Å². The number of fused-ring (bicyclic) bond motifs is 1. The molecule has 1 unspecified atom stereocenters. The molecular formula is C22H25Cl3N6O2. The van der Waals surface area contributed by atoms with Gasteiger partial charge in [-0.15, -0.1) is 24.8 Å². The number of hydrogen-bond acceptors (Lipinski definition) is 5. The van der Waals surface area contributed by atoms with E-state index in [1.54, 1.807) is 25.8 Å². The van der Waals surface area contributed by atoms with E-state index in [0.717, 1.165) is 22.1 Å². The van der Waals surface area contributed by atoms with Gasteiger partial charge in [0.05, 0.1) is 12.4 Å². The molecule has 4 aromatic rings. The molecule has 176 valence electrons. The van der Waals surface area contributed by atoms with Crippen molar-refractivity contribution >= 4 is 47.6 Å². The van der Waals surface area contributed by atoms with E-state index in [9.17, 15) is 9.59 Å². The van der Waals surface area contributed by atoms with Gasteiger partial charge in [-0.1, -0.05) is 23.7 Å². The second-order valence-electron chi connectivity index (χ2n) is 7.39. The largest absolute Gasteiger partial charge is 0.332 e. The molecule has 3 heterocycles. The van der Waals surface area contributed by atoms with E-state index in [2.05, 4.69) is 15.3 Å².